The van der Waals surface area contributed by atoms with Gasteiger partial charge in [-0.1, -0.05) is 0 Å². The number of nitrogens with zero attached hydrogens (tertiary/aromatic N) is 3. The van der Waals surface area contributed by atoms with Crippen LogP contribution < -0.4 is 9.64 Å². The number of fused-ring (bicyclic) bond motifs is 1. The number of hydrogen-bond acceptors (Lipinski definition) is 4. The average molecular weight is 469 g/mol. The molecule has 0 bridgehead atoms. The quantitative estimate of drug-likeness (QED) is 0.423. The maximum absolute atomic E-state index is 13.7. The van der Waals surface area contributed by atoms with Crippen molar-refractivity contribution < 1.29 is 18.7 Å². The highest BCUT2D eigenvalue weighted by molar-refractivity contribution is 14.1. The van der Waals surface area contributed by atoms with Gasteiger partial charge in [0.1, 0.15) is 16.1 Å². The predicted molar refractivity (Wildman–Crippen MR) is 104 cm³/mol. The van der Waals surface area contributed by atoms with Crippen LogP contribution in [0.15, 0.2) is 36.7 Å². The molecule has 136 valence electrons. The van der Waals surface area contributed by atoms with E-state index in [-0.39, 0.29) is 18.4 Å². The molecule has 0 aliphatic heterocycles. The molecule has 0 radical (unpaired) electrons. The topological polar surface area (TPSA) is 56.1 Å². The maximum atomic E-state index is 13.7. The lowest BCUT2D eigenvalue weighted by Gasteiger charge is -2.23. The number of imidazole rings is 1. The molecule has 2 aromatic heterocycles. The van der Waals surface area contributed by atoms with E-state index in [0.29, 0.717) is 11.3 Å². The molecule has 6 nitrogen and oxygen atoms in total. The summed E-state index contributed by atoms with van der Waals surface area (Å²) in [5.41, 5.74) is 2.64. The van der Waals surface area contributed by atoms with Crippen molar-refractivity contribution in [3.63, 3.8) is 0 Å². The van der Waals surface area contributed by atoms with Crippen molar-refractivity contribution in [1.82, 2.24) is 9.38 Å². The number of carbonyl (C=O) groups excluding carboxylic acids is 1. The summed E-state index contributed by atoms with van der Waals surface area (Å²) in [5, 5.41) is 0. The zero-order chi connectivity index (χ0) is 18.8. The highest BCUT2D eigenvalue weighted by Crippen LogP contribution is 2.26. The standard InChI is InChI=1S/C18H17FIN3O3/c1-11-6-12(9-22-16(20)8-21-17(11)22)18(24)23(10-25-2)13-4-5-14(19)15(7-13)26-3/h4-9H,10H2,1-3H3. The molecule has 1 aromatic carbocycles. The van der Waals surface area contributed by atoms with Gasteiger partial charge in [-0.2, -0.15) is 0 Å². The Hall–Kier alpha value is -2.20. The van der Waals surface area contributed by atoms with Crippen molar-refractivity contribution in [2.75, 3.05) is 25.9 Å². The minimum Gasteiger partial charge on any atom is -0.494 e. The van der Waals surface area contributed by atoms with Crippen LogP contribution in [0, 0.1) is 16.4 Å². The number of ether oxygens (including phenoxy) is 2. The molecular formula is C18H17FIN3O3. The Morgan fingerprint density at radius 1 is 1.35 bits per heavy atom. The summed E-state index contributed by atoms with van der Waals surface area (Å²) in [5.74, 6) is -0.700. The molecule has 3 rings (SSSR count). The number of carbonyl (C=O) groups is 1. The number of benzene rings is 1. The number of amides is 1. The highest BCUT2D eigenvalue weighted by atomic mass is 127. The summed E-state index contributed by atoms with van der Waals surface area (Å²) in [6.07, 6.45) is 3.48. The van der Waals surface area contributed by atoms with Gasteiger partial charge in [0.15, 0.2) is 11.6 Å². The molecule has 0 aliphatic rings. The summed E-state index contributed by atoms with van der Waals surface area (Å²) in [6, 6.07) is 6.03. The first-order valence-electron chi connectivity index (χ1n) is 7.73. The van der Waals surface area contributed by atoms with Gasteiger partial charge in [0.25, 0.3) is 5.91 Å². The fourth-order valence-corrected chi connectivity index (χ4v) is 3.20. The van der Waals surface area contributed by atoms with Gasteiger partial charge in [-0.25, -0.2) is 9.37 Å². The van der Waals surface area contributed by atoms with E-state index in [9.17, 15) is 9.18 Å². The van der Waals surface area contributed by atoms with E-state index in [0.717, 1.165) is 14.9 Å². The van der Waals surface area contributed by atoms with Gasteiger partial charge in [-0.05, 0) is 53.3 Å². The van der Waals surface area contributed by atoms with Gasteiger partial charge in [0.05, 0.1) is 24.6 Å². The van der Waals surface area contributed by atoms with Crippen molar-refractivity contribution in [3.8, 4) is 5.75 Å². The minimum atomic E-state index is -0.494. The van der Waals surface area contributed by atoms with E-state index < -0.39 is 5.82 Å². The van der Waals surface area contributed by atoms with Gasteiger partial charge in [0, 0.05) is 19.4 Å². The fraction of sp³-hybridized carbons (Fsp3) is 0.222. The normalized spacial score (nSPS) is 11.0. The van der Waals surface area contributed by atoms with Gasteiger partial charge in [0.2, 0.25) is 0 Å². The number of methoxy groups -OCH3 is 2. The molecule has 0 spiro atoms. The lowest BCUT2D eigenvalue weighted by molar-refractivity contribution is 0.0936. The van der Waals surface area contributed by atoms with Crippen molar-refractivity contribution in [2.24, 2.45) is 0 Å². The molecule has 0 atom stereocenters. The number of rotatable bonds is 5. The van der Waals surface area contributed by atoms with E-state index >= 15 is 0 Å². The molecule has 26 heavy (non-hydrogen) atoms. The molecule has 8 heteroatoms. The van der Waals surface area contributed by atoms with E-state index in [1.54, 1.807) is 18.5 Å². The van der Waals surface area contributed by atoms with Gasteiger partial charge in [-0.3, -0.25) is 14.1 Å². The third-order valence-corrected chi connectivity index (χ3v) is 4.74. The highest BCUT2D eigenvalue weighted by Gasteiger charge is 2.21. The number of anilines is 1. The van der Waals surface area contributed by atoms with E-state index in [2.05, 4.69) is 27.6 Å². The Morgan fingerprint density at radius 2 is 2.12 bits per heavy atom. The lowest BCUT2D eigenvalue weighted by atomic mass is 10.1. The second-order valence-corrected chi connectivity index (χ2v) is 6.76. The Kier molecular flexibility index (Phi) is 5.42. The van der Waals surface area contributed by atoms with Crippen LogP contribution in [-0.2, 0) is 4.74 Å². The zero-order valence-corrected chi connectivity index (χ0v) is 16.7. The van der Waals surface area contributed by atoms with E-state index in [4.69, 9.17) is 9.47 Å². The summed E-state index contributed by atoms with van der Waals surface area (Å²) < 4.78 is 26.7. The van der Waals surface area contributed by atoms with Gasteiger partial charge >= 0.3 is 0 Å². The number of hydrogen-bond donors (Lipinski definition) is 0. The van der Waals surface area contributed by atoms with E-state index in [1.807, 2.05) is 11.3 Å². The van der Waals surface area contributed by atoms with Crippen molar-refractivity contribution in [2.45, 2.75) is 6.92 Å². The summed E-state index contributed by atoms with van der Waals surface area (Å²) in [6.45, 7) is 1.92. The molecule has 0 aliphatic carbocycles. The second kappa shape index (κ2) is 7.58. The van der Waals surface area contributed by atoms with E-state index in [1.165, 1.54) is 37.3 Å². The first-order valence-corrected chi connectivity index (χ1v) is 8.81. The maximum Gasteiger partial charge on any atom is 0.261 e. The van der Waals surface area contributed by atoms with Gasteiger partial charge < -0.3 is 9.47 Å². The Bertz CT molecular complexity index is 974. The Balaban J connectivity index is 2.05. The number of pyridine rings is 1. The van der Waals surface area contributed by atoms with Crippen molar-refractivity contribution >= 4 is 39.8 Å². The van der Waals surface area contributed by atoms with Crippen LogP contribution in [-0.4, -0.2) is 36.2 Å². The zero-order valence-electron chi connectivity index (χ0n) is 14.5. The molecule has 0 saturated heterocycles. The molecule has 1 amide bonds. The monoisotopic (exact) mass is 469 g/mol. The first-order chi connectivity index (χ1) is 12.5. The van der Waals surface area contributed by atoms with Gasteiger partial charge in [-0.15, -0.1) is 0 Å². The summed E-state index contributed by atoms with van der Waals surface area (Å²) in [7, 11) is 2.87. The van der Waals surface area contributed by atoms with Crippen LogP contribution in [0.4, 0.5) is 10.1 Å². The number of aryl methyl sites for hydroxylation is 1. The number of aromatic nitrogens is 2. The summed E-state index contributed by atoms with van der Waals surface area (Å²) in [4.78, 5) is 18.9. The predicted octanol–water partition coefficient (Wildman–Crippen LogP) is 3.65. The van der Waals surface area contributed by atoms with Crippen LogP contribution in [0.3, 0.4) is 0 Å². The molecule has 2 heterocycles. The Morgan fingerprint density at radius 3 is 2.81 bits per heavy atom. The lowest BCUT2D eigenvalue weighted by Crippen LogP contribution is -2.33. The largest absolute Gasteiger partial charge is 0.494 e. The molecular weight excluding hydrogens is 452 g/mol. The minimum absolute atomic E-state index is 0.0196. The number of halogens is 2. The molecule has 0 N–H and O–H groups in total. The molecule has 0 unspecified atom stereocenters. The third-order valence-electron chi connectivity index (χ3n) is 3.94. The van der Waals surface area contributed by atoms with Crippen LogP contribution in [0.2, 0.25) is 0 Å². The molecule has 0 fully saturated rings. The van der Waals surface area contributed by atoms with Crippen LogP contribution in [0.25, 0.3) is 5.65 Å². The first kappa shape index (κ1) is 18.6. The SMILES string of the molecule is COCN(C(=O)c1cc(C)c2ncc(I)n2c1)c1ccc(F)c(OC)c1. The fourth-order valence-electron chi connectivity index (χ4n) is 2.70. The summed E-state index contributed by atoms with van der Waals surface area (Å²) >= 11 is 2.16. The van der Waals surface area contributed by atoms with Crippen LogP contribution in [0.5, 0.6) is 5.75 Å². The van der Waals surface area contributed by atoms with Crippen molar-refractivity contribution in [1.29, 1.82) is 0 Å². The van der Waals surface area contributed by atoms with Crippen LogP contribution in [0.1, 0.15) is 15.9 Å². The van der Waals surface area contributed by atoms with Crippen molar-refractivity contribution in [3.05, 3.63) is 57.3 Å². The smallest absolute Gasteiger partial charge is 0.261 e. The second-order valence-electron chi connectivity index (χ2n) is 5.66. The Labute approximate surface area is 163 Å². The molecule has 0 saturated carbocycles. The third kappa shape index (κ3) is 3.38. The average Bonchev–Trinajstić information content (AvgIpc) is 3.01. The molecule has 3 aromatic rings. The van der Waals surface area contributed by atoms with Crippen LogP contribution >= 0.6 is 22.6 Å².